The van der Waals surface area contributed by atoms with Crippen molar-refractivity contribution in [3.8, 4) is 5.75 Å². The highest BCUT2D eigenvalue weighted by Gasteiger charge is 2.43. The molecular formula is C15H19ClF2N2O3S. The molecule has 1 aliphatic heterocycles. The van der Waals surface area contributed by atoms with Crippen LogP contribution in [0.25, 0.3) is 0 Å². The second kappa shape index (κ2) is 6.74. The number of nitrogens with zero attached hydrogens (tertiary/aromatic N) is 1. The highest BCUT2D eigenvalue weighted by Crippen LogP contribution is 2.38. The van der Waals surface area contributed by atoms with E-state index in [4.69, 9.17) is 17.3 Å². The zero-order chi connectivity index (χ0) is 17.5. The van der Waals surface area contributed by atoms with E-state index in [2.05, 4.69) is 4.74 Å². The van der Waals surface area contributed by atoms with Crippen LogP contribution in [-0.2, 0) is 10.0 Å². The van der Waals surface area contributed by atoms with Gasteiger partial charge in [0, 0.05) is 19.1 Å². The molecule has 0 bridgehead atoms. The van der Waals surface area contributed by atoms with Crippen LogP contribution in [0.4, 0.5) is 8.78 Å². The van der Waals surface area contributed by atoms with Crippen molar-refractivity contribution in [3.63, 3.8) is 0 Å². The number of hydrogen-bond acceptors (Lipinski definition) is 4. The van der Waals surface area contributed by atoms with Crippen molar-refractivity contribution in [1.82, 2.24) is 4.31 Å². The molecule has 0 radical (unpaired) electrons. The van der Waals surface area contributed by atoms with Crippen molar-refractivity contribution in [2.24, 2.45) is 17.6 Å². The molecule has 0 amide bonds. The Morgan fingerprint density at radius 3 is 2.67 bits per heavy atom. The van der Waals surface area contributed by atoms with E-state index in [-0.39, 0.29) is 33.5 Å². The predicted molar refractivity (Wildman–Crippen MR) is 85.6 cm³/mol. The summed E-state index contributed by atoms with van der Waals surface area (Å²) in [6, 6.07) is 3.56. The van der Waals surface area contributed by atoms with Crippen LogP contribution in [0.2, 0.25) is 5.02 Å². The second-order valence-electron chi connectivity index (χ2n) is 6.31. The molecule has 1 aliphatic carbocycles. The number of sulfonamides is 1. The van der Waals surface area contributed by atoms with Crippen molar-refractivity contribution in [1.29, 1.82) is 0 Å². The first kappa shape index (κ1) is 17.8. The fraction of sp³-hybridized carbons (Fsp3) is 0.600. The standard InChI is InChI=1S/C15H19ClF2N2O3S/c16-12-6-10(4-5-14(12)23-15(17)18)24(21,22)20-7-9-2-1-3-13(19)11(9)8-20/h4-6,9,11,13,15H,1-3,7-8,19H2. The summed E-state index contributed by atoms with van der Waals surface area (Å²) in [7, 11) is -3.74. The molecule has 1 aromatic carbocycles. The molecule has 5 nitrogen and oxygen atoms in total. The SMILES string of the molecule is NC1CCCC2CN(S(=O)(=O)c3ccc(OC(F)F)c(Cl)c3)CC12. The van der Waals surface area contributed by atoms with Gasteiger partial charge in [-0.05, 0) is 42.9 Å². The molecule has 2 N–H and O–H groups in total. The summed E-state index contributed by atoms with van der Waals surface area (Å²) in [6.45, 7) is -2.19. The Kier molecular flexibility index (Phi) is 5.01. The molecule has 0 spiro atoms. The molecule has 24 heavy (non-hydrogen) atoms. The van der Waals surface area contributed by atoms with Crippen LogP contribution >= 0.6 is 11.6 Å². The fourth-order valence-electron chi connectivity index (χ4n) is 3.65. The number of hydrogen-bond donors (Lipinski definition) is 1. The molecule has 2 aliphatic rings. The number of rotatable bonds is 4. The van der Waals surface area contributed by atoms with Gasteiger partial charge in [0.15, 0.2) is 0 Å². The lowest BCUT2D eigenvalue weighted by molar-refractivity contribution is -0.0498. The van der Waals surface area contributed by atoms with Crippen LogP contribution in [0.1, 0.15) is 19.3 Å². The zero-order valence-electron chi connectivity index (χ0n) is 12.9. The average molecular weight is 381 g/mol. The molecule has 134 valence electrons. The first-order chi connectivity index (χ1) is 11.3. The second-order valence-corrected chi connectivity index (χ2v) is 8.66. The van der Waals surface area contributed by atoms with Gasteiger partial charge in [-0.1, -0.05) is 18.0 Å². The Labute approximate surface area is 144 Å². The lowest BCUT2D eigenvalue weighted by Gasteiger charge is -2.29. The summed E-state index contributed by atoms with van der Waals surface area (Å²) in [5.74, 6) is 0.202. The first-order valence-corrected chi connectivity index (χ1v) is 9.61. The van der Waals surface area contributed by atoms with E-state index >= 15 is 0 Å². The van der Waals surface area contributed by atoms with Crippen LogP contribution in [0.15, 0.2) is 23.1 Å². The van der Waals surface area contributed by atoms with Crippen molar-refractivity contribution < 1.29 is 21.9 Å². The van der Waals surface area contributed by atoms with Gasteiger partial charge in [0.25, 0.3) is 0 Å². The van der Waals surface area contributed by atoms with E-state index in [1.807, 2.05) is 0 Å². The normalized spacial score (nSPS) is 28.1. The third-order valence-electron chi connectivity index (χ3n) is 4.88. The number of benzene rings is 1. The highest BCUT2D eigenvalue weighted by molar-refractivity contribution is 7.89. The van der Waals surface area contributed by atoms with E-state index in [1.165, 1.54) is 10.4 Å². The summed E-state index contributed by atoms with van der Waals surface area (Å²) in [5.41, 5.74) is 6.12. The summed E-state index contributed by atoms with van der Waals surface area (Å²) in [6.07, 6.45) is 2.91. The Balaban J connectivity index is 1.82. The van der Waals surface area contributed by atoms with Crippen molar-refractivity contribution in [2.45, 2.75) is 36.8 Å². The Morgan fingerprint density at radius 1 is 1.29 bits per heavy atom. The number of ether oxygens (including phenoxy) is 1. The molecule has 1 heterocycles. The van der Waals surface area contributed by atoms with Gasteiger partial charge in [-0.2, -0.15) is 13.1 Å². The minimum Gasteiger partial charge on any atom is -0.433 e. The van der Waals surface area contributed by atoms with Crippen LogP contribution in [0.5, 0.6) is 5.75 Å². The Bertz CT molecular complexity index is 717. The smallest absolute Gasteiger partial charge is 0.387 e. The monoisotopic (exact) mass is 380 g/mol. The van der Waals surface area contributed by atoms with Gasteiger partial charge >= 0.3 is 6.61 Å². The summed E-state index contributed by atoms with van der Waals surface area (Å²) < 4.78 is 55.8. The zero-order valence-corrected chi connectivity index (χ0v) is 14.4. The van der Waals surface area contributed by atoms with Gasteiger partial charge in [0.05, 0.1) is 9.92 Å². The fourth-order valence-corrected chi connectivity index (χ4v) is 5.51. The van der Waals surface area contributed by atoms with Gasteiger partial charge in [-0.3, -0.25) is 0 Å². The van der Waals surface area contributed by atoms with Crippen LogP contribution in [0.3, 0.4) is 0 Å². The quantitative estimate of drug-likeness (QED) is 0.871. The predicted octanol–water partition coefficient (Wildman–Crippen LogP) is 2.69. The number of alkyl halides is 2. The van der Waals surface area contributed by atoms with E-state index in [1.54, 1.807) is 0 Å². The molecule has 1 saturated carbocycles. The van der Waals surface area contributed by atoms with Crippen LogP contribution in [-0.4, -0.2) is 38.5 Å². The Hall–Kier alpha value is -0.960. The summed E-state index contributed by atoms with van der Waals surface area (Å²) in [5, 5.41) is -0.162. The van der Waals surface area contributed by atoms with E-state index in [9.17, 15) is 17.2 Å². The maximum absolute atomic E-state index is 12.8. The van der Waals surface area contributed by atoms with Crippen molar-refractivity contribution in [3.05, 3.63) is 23.2 Å². The van der Waals surface area contributed by atoms with Gasteiger partial charge < -0.3 is 10.5 Å². The van der Waals surface area contributed by atoms with Crippen LogP contribution in [0, 0.1) is 11.8 Å². The molecule has 9 heteroatoms. The topological polar surface area (TPSA) is 72.6 Å². The lowest BCUT2D eigenvalue weighted by atomic mass is 9.78. The molecule has 1 aromatic rings. The van der Waals surface area contributed by atoms with Gasteiger partial charge in [0.2, 0.25) is 10.0 Å². The van der Waals surface area contributed by atoms with Gasteiger partial charge in [-0.25, -0.2) is 8.42 Å². The van der Waals surface area contributed by atoms with Crippen molar-refractivity contribution >= 4 is 21.6 Å². The summed E-state index contributed by atoms with van der Waals surface area (Å²) in [4.78, 5) is -0.0265. The van der Waals surface area contributed by atoms with E-state index in [0.29, 0.717) is 13.1 Å². The highest BCUT2D eigenvalue weighted by atomic mass is 35.5. The molecule has 1 saturated heterocycles. The molecule has 0 aromatic heterocycles. The molecule has 3 rings (SSSR count). The third-order valence-corrected chi connectivity index (χ3v) is 7.00. The number of nitrogens with two attached hydrogens (primary N) is 1. The molecule has 2 fully saturated rings. The first-order valence-electron chi connectivity index (χ1n) is 7.79. The lowest BCUT2D eigenvalue weighted by Crippen LogP contribution is -2.38. The average Bonchev–Trinajstić information content (AvgIpc) is 2.95. The largest absolute Gasteiger partial charge is 0.433 e. The minimum absolute atomic E-state index is 0.0226. The minimum atomic E-state index is -3.74. The third kappa shape index (κ3) is 3.37. The maximum Gasteiger partial charge on any atom is 0.387 e. The van der Waals surface area contributed by atoms with Gasteiger partial charge in [-0.15, -0.1) is 0 Å². The van der Waals surface area contributed by atoms with Gasteiger partial charge in [0.1, 0.15) is 5.75 Å². The number of halogens is 3. The van der Waals surface area contributed by atoms with Crippen molar-refractivity contribution in [2.75, 3.05) is 13.1 Å². The maximum atomic E-state index is 12.8. The molecule has 3 atom stereocenters. The summed E-state index contributed by atoms with van der Waals surface area (Å²) >= 11 is 5.87. The van der Waals surface area contributed by atoms with E-state index in [0.717, 1.165) is 31.4 Å². The Morgan fingerprint density at radius 2 is 2.04 bits per heavy atom. The molecular weight excluding hydrogens is 362 g/mol. The molecule has 3 unspecified atom stereocenters. The van der Waals surface area contributed by atoms with E-state index < -0.39 is 16.6 Å². The number of fused-ring (bicyclic) bond motifs is 1. The van der Waals surface area contributed by atoms with Crippen LogP contribution < -0.4 is 10.5 Å².